The number of aliphatic hydroxyl groups is 1. The van der Waals surface area contributed by atoms with E-state index in [0.29, 0.717) is 0 Å². The first kappa shape index (κ1) is 7.72. The molecule has 3 N–H and O–H groups in total. The molecule has 0 aromatic carbocycles. The quantitative estimate of drug-likeness (QED) is 0.585. The summed E-state index contributed by atoms with van der Waals surface area (Å²) in [6.45, 7) is 2.07. The largest absolute Gasteiger partial charge is 0.391 e. The van der Waals surface area contributed by atoms with Crippen molar-refractivity contribution in [2.24, 2.45) is 0 Å². The number of aliphatic hydroxyl groups excluding tert-OH is 1. The predicted octanol–water partition coefficient (Wildman–Crippen LogP) is -0.196. The van der Waals surface area contributed by atoms with Crippen molar-refractivity contribution in [1.29, 1.82) is 0 Å². The normalized spacial score (nSPS) is 10.1. The molecule has 3 heteroatoms. The Hall–Kier alpha value is -0.380. The van der Waals surface area contributed by atoms with Gasteiger partial charge in [0.15, 0.2) is 0 Å². The summed E-state index contributed by atoms with van der Waals surface area (Å²) in [4.78, 5) is 1.37. The highest BCUT2D eigenvalue weighted by Gasteiger charge is 1.93. The van der Waals surface area contributed by atoms with Gasteiger partial charge in [-0.15, -0.1) is 11.3 Å². The average Bonchev–Trinajstić information content (AvgIpc) is 2.41. The molecule has 0 spiro atoms. The number of rotatable bonds is 4. The Kier molecular flexibility index (Phi) is 3.43. The van der Waals surface area contributed by atoms with E-state index in [1.165, 1.54) is 4.88 Å². The predicted molar refractivity (Wildman–Crippen MR) is 41.9 cm³/mol. The molecule has 2 nitrogen and oxygen atoms in total. The van der Waals surface area contributed by atoms with Crippen LogP contribution in [0.4, 0.5) is 0 Å². The van der Waals surface area contributed by atoms with Crippen LogP contribution >= 0.6 is 11.3 Å². The Morgan fingerprint density at radius 1 is 1.60 bits per heavy atom. The minimum absolute atomic E-state index is 0.269. The summed E-state index contributed by atoms with van der Waals surface area (Å²) in [5.41, 5.74) is 0. The molecule has 0 bridgehead atoms. The van der Waals surface area contributed by atoms with Crippen LogP contribution in [0, 0.1) is 0 Å². The van der Waals surface area contributed by atoms with Crippen LogP contribution in [0.25, 0.3) is 0 Å². The molecule has 1 heterocycles. The zero-order valence-corrected chi connectivity index (χ0v) is 6.60. The van der Waals surface area contributed by atoms with Crippen LogP contribution in [0.15, 0.2) is 17.5 Å². The Balaban J connectivity index is 2.15. The molecule has 0 radical (unpaired) electrons. The van der Waals surface area contributed by atoms with Gasteiger partial charge in [-0.1, -0.05) is 6.07 Å². The van der Waals surface area contributed by atoms with Crippen LogP contribution < -0.4 is 5.32 Å². The highest BCUT2D eigenvalue weighted by molar-refractivity contribution is 7.09. The summed E-state index contributed by atoms with van der Waals surface area (Å²) in [7, 11) is 0. The molecular formula is C7H12NOS+. The second-order valence-electron chi connectivity index (χ2n) is 2.08. The second kappa shape index (κ2) is 4.44. The zero-order chi connectivity index (χ0) is 7.23. The smallest absolute Gasteiger partial charge is 0.111 e. The summed E-state index contributed by atoms with van der Waals surface area (Å²) in [6, 6.07) is 4.16. The van der Waals surface area contributed by atoms with E-state index >= 15 is 0 Å². The van der Waals surface area contributed by atoms with Gasteiger partial charge in [-0.25, -0.2) is 0 Å². The number of nitrogens with two attached hydrogens (primary N) is 1. The monoisotopic (exact) mass is 158 g/mol. The van der Waals surface area contributed by atoms with Gasteiger partial charge in [0.1, 0.15) is 6.54 Å². The van der Waals surface area contributed by atoms with E-state index < -0.39 is 0 Å². The molecule has 1 rings (SSSR count). The first-order valence-electron chi connectivity index (χ1n) is 3.38. The highest BCUT2D eigenvalue weighted by Crippen LogP contribution is 2.05. The lowest BCUT2D eigenvalue weighted by molar-refractivity contribution is -0.671. The molecule has 0 aliphatic carbocycles. The molecule has 0 saturated heterocycles. The average molecular weight is 158 g/mol. The molecule has 0 amide bonds. The van der Waals surface area contributed by atoms with Crippen LogP contribution in [0.3, 0.4) is 0 Å². The molecule has 10 heavy (non-hydrogen) atoms. The van der Waals surface area contributed by atoms with Crippen LogP contribution in [-0.2, 0) is 6.54 Å². The van der Waals surface area contributed by atoms with Crippen molar-refractivity contribution in [2.45, 2.75) is 6.54 Å². The lowest BCUT2D eigenvalue weighted by Crippen LogP contribution is -2.83. The van der Waals surface area contributed by atoms with Crippen molar-refractivity contribution >= 4 is 11.3 Å². The van der Waals surface area contributed by atoms with Crippen molar-refractivity contribution in [2.75, 3.05) is 13.2 Å². The van der Waals surface area contributed by atoms with Crippen LogP contribution in [0.2, 0.25) is 0 Å². The molecule has 0 atom stereocenters. The van der Waals surface area contributed by atoms with Gasteiger partial charge in [-0.2, -0.15) is 0 Å². The minimum atomic E-state index is 0.269. The summed E-state index contributed by atoms with van der Waals surface area (Å²) < 4.78 is 0. The van der Waals surface area contributed by atoms with E-state index in [2.05, 4.69) is 16.8 Å². The zero-order valence-electron chi connectivity index (χ0n) is 5.79. The molecule has 0 aliphatic heterocycles. The minimum Gasteiger partial charge on any atom is -0.391 e. The number of quaternary nitrogens is 1. The second-order valence-corrected chi connectivity index (χ2v) is 3.12. The Morgan fingerprint density at radius 3 is 3.10 bits per heavy atom. The van der Waals surface area contributed by atoms with Gasteiger partial charge in [0.05, 0.1) is 18.0 Å². The number of thiophene rings is 1. The van der Waals surface area contributed by atoms with Gasteiger partial charge >= 0.3 is 0 Å². The molecule has 0 unspecified atom stereocenters. The van der Waals surface area contributed by atoms with Gasteiger partial charge in [0, 0.05) is 0 Å². The van der Waals surface area contributed by atoms with Crippen molar-refractivity contribution in [3.8, 4) is 0 Å². The molecule has 1 aromatic heterocycles. The van der Waals surface area contributed by atoms with Gasteiger partial charge < -0.3 is 10.4 Å². The van der Waals surface area contributed by atoms with Crippen molar-refractivity contribution in [3.63, 3.8) is 0 Å². The van der Waals surface area contributed by atoms with Crippen LogP contribution in [0.5, 0.6) is 0 Å². The molecule has 0 aliphatic rings. The fourth-order valence-electron chi connectivity index (χ4n) is 0.764. The SMILES string of the molecule is OCC[NH2+]Cc1cccs1. The maximum absolute atomic E-state index is 8.47. The highest BCUT2D eigenvalue weighted by atomic mass is 32.1. The first-order valence-corrected chi connectivity index (χ1v) is 4.26. The van der Waals surface area contributed by atoms with Crippen molar-refractivity contribution < 1.29 is 10.4 Å². The topological polar surface area (TPSA) is 36.8 Å². The summed E-state index contributed by atoms with van der Waals surface area (Å²) in [5, 5.41) is 12.6. The lowest BCUT2D eigenvalue weighted by atomic mass is 10.4. The Morgan fingerprint density at radius 2 is 2.50 bits per heavy atom. The fourth-order valence-corrected chi connectivity index (χ4v) is 1.47. The van der Waals surface area contributed by atoms with Gasteiger partial charge in [-0.3, -0.25) is 0 Å². The fraction of sp³-hybridized carbons (Fsp3) is 0.429. The summed E-state index contributed by atoms with van der Waals surface area (Å²) in [6.07, 6.45) is 0. The third-order valence-corrected chi connectivity index (χ3v) is 2.16. The Bertz CT molecular complexity index is 162. The Labute approximate surface area is 64.5 Å². The lowest BCUT2D eigenvalue weighted by Gasteiger charge is -1.94. The van der Waals surface area contributed by atoms with E-state index in [0.717, 1.165) is 13.1 Å². The third kappa shape index (κ3) is 2.47. The van der Waals surface area contributed by atoms with E-state index in [9.17, 15) is 0 Å². The first-order chi connectivity index (χ1) is 4.93. The van der Waals surface area contributed by atoms with E-state index in [-0.39, 0.29) is 6.61 Å². The van der Waals surface area contributed by atoms with Crippen molar-refractivity contribution in [1.82, 2.24) is 0 Å². The maximum atomic E-state index is 8.47. The van der Waals surface area contributed by atoms with E-state index in [1.807, 2.05) is 6.07 Å². The van der Waals surface area contributed by atoms with Crippen molar-refractivity contribution in [3.05, 3.63) is 22.4 Å². The number of hydrogen-bond donors (Lipinski definition) is 2. The standard InChI is InChI=1S/C7H11NOS/c9-4-3-8-6-7-2-1-5-10-7/h1-2,5,8-9H,3-4,6H2/p+1. The third-order valence-electron chi connectivity index (χ3n) is 1.26. The van der Waals surface area contributed by atoms with E-state index in [1.54, 1.807) is 11.3 Å². The van der Waals surface area contributed by atoms with Gasteiger partial charge in [0.2, 0.25) is 0 Å². The van der Waals surface area contributed by atoms with Gasteiger partial charge in [-0.05, 0) is 11.4 Å². The summed E-state index contributed by atoms with van der Waals surface area (Å²) >= 11 is 1.76. The van der Waals surface area contributed by atoms with E-state index in [4.69, 9.17) is 5.11 Å². The maximum Gasteiger partial charge on any atom is 0.111 e. The summed E-state index contributed by atoms with van der Waals surface area (Å²) in [5.74, 6) is 0. The van der Waals surface area contributed by atoms with Crippen LogP contribution in [-0.4, -0.2) is 18.3 Å². The molecule has 0 fully saturated rings. The molecule has 56 valence electrons. The van der Waals surface area contributed by atoms with Crippen LogP contribution in [0.1, 0.15) is 4.88 Å². The molecule has 1 aromatic rings. The number of hydrogen-bond acceptors (Lipinski definition) is 2. The molecule has 0 saturated carbocycles. The molecular weight excluding hydrogens is 146 g/mol. The van der Waals surface area contributed by atoms with Gasteiger partial charge in [0.25, 0.3) is 0 Å².